The lowest BCUT2D eigenvalue weighted by Crippen LogP contribution is -2.05. The average molecular weight is 288 g/mol. The summed E-state index contributed by atoms with van der Waals surface area (Å²) in [5.41, 5.74) is 0.509. The average Bonchev–Trinajstić information content (AvgIpc) is 2.46. The molecule has 0 unspecified atom stereocenters. The number of fused-ring (bicyclic) bond motifs is 1. The number of alkyl halides is 3. The second kappa shape index (κ2) is 5.09. The Bertz CT molecular complexity index is 848. The maximum atomic E-state index is 12.7. The van der Waals surface area contributed by atoms with Gasteiger partial charge in [0.05, 0.1) is 16.6 Å². The molecule has 5 heteroatoms. The van der Waals surface area contributed by atoms with Gasteiger partial charge in [-0.3, -0.25) is 0 Å². The summed E-state index contributed by atoms with van der Waals surface area (Å²) >= 11 is 0. The molecule has 0 radical (unpaired) electrons. The van der Waals surface area contributed by atoms with E-state index in [1.165, 1.54) is 6.07 Å². The topological polar surface area (TPSA) is 16.8 Å². The van der Waals surface area contributed by atoms with Crippen molar-refractivity contribution < 1.29 is 13.2 Å². The van der Waals surface area contributed by atoms with Gasteiger partial charge in [-0.15, -0.1) is 0 Å². The van der Waals surface area contributed by atoms with Gasteiger partial charge in [0.25, 0.3) is 0 Å². The first-order chi connectivity index (χ1) is 10.0. The van der Waals surface area contributed by atoms with Crippen molar-refractivity contribution in [3.8, 4) is 0 Å². The van der Waals surface area contributed by atoms with Crippen molar-refractivity contribution in [2.45, 2.75) is 6.18 Å². The van der Waals surface area contributed by atoms with E-state index < -0.39 is 11.7 Å². The third-order valence-electron chi connectivity index (χ3n) is 3.06. The van der Waals surface area contributed by atoms with Crippen molar-refractivity contribution in [2.75, 3.05) is 0 Å². The number of halogens is 3. The van der Waals surface area contributed by atoms with Crippen molar-refractivity contribution in [2.24, 2.45) is 4.99 Å². The number of rotatable bonds is 1. The molecule has 3 aromatic rings. The molecule has 0 amide bonds. The van der Waals surface area contributed by atoms with Crippen LogP contribution in [-0.2, 0) is 6.18 Å². The van der Waals surface area contributed by atoms with E-state index in [4.69, 9.17) is 0 Å². The van der Waals surface area contributed by atoms with Crippen molar-refractivity contribution >= 4 is 11.2 Å². The molecule has 2 heterocycles. The van der Waals surface area contributed by atoms with Crippen LogP contribution in [0.15, 0.2) is 72.0 Å². The molecule has 3 rings (SSSR count). The van der Waals surface area contributed by atoms with Crippen LogP contribution < -0.4 is 5.36 Å². The van der Waals surface area contributed by atoms with Gasteiger partial charge in [0, 0.05) is 17.9 Å². The summed E-state index contributed by atoms with van der Waals surface area (Å²) in [5, 5.41) is 0.612. The van der Waals surface area contributed by atoms with Gasteiger partial charge in [-0.1, -0.05) is 12.1 Å². The molecule has 0 aliphatic rings. The second-order valence-corrected chi connectivity index (χ2v) is 4.58. The van der Waals surface area contributed by atoms with Gasteiger partial charge in [-0.25, -0.2) is 4.99 Å². The fourth-order valence-corrected chi connectivity index (χ4v) is 2.05. The Morgan fingerprint density at radius 2 is 1.71 bits per heavy atom. The van der Waals surface area contributed by atoms with Gasteiger partial charge < -0.3 is 4.40 Å². The first-order valence-electron chi connectivity index (χ1n) is 6.31. The lowest BCUT2D eigenvalue weighted by molar-refractivity contribution is -0.137. The minimum absolute atomic E-state index is 0.283. The Morgan fingerprint density at radius 1 is 0.857 bits per heavy atom. The molecule has 2 nitrogen and oxygen atoms in total. The zero-order valence-electron chi connectivity index (χ0n) is 10.9. The highest BCUT2D eigenvalue weighted by Crippen LogP contribution is 2.31. The van der Waals surface area contributed by atoms with Crippen LogP contribution in [0.1, 0.15) is 5.56 Å². The first kappa shape index (κ1) is 13.4. The van der Waals surface area contributed by atoms with Gasteiger partial charge in [0.15, 0.2) is 0 Å². The number of hydrogen-bond donors (Lipinski definition) is 0. The summed E-state index contributed by atoms with van der Waals surface area (Å²) < 4.78 is 39.9. The quantitative estimate of drug-likeness (QED) is 0.638. The molecule has 0 bridgehead atoms. The van der Waals surface area contributed by atoms with Gasteiger partial charge in [0.2, 0.25) is 0 Å². The number of hydrogen-bond acceptors (Lipinski definition) is 1. The minimum atomic E-state index is -4.36. The third-order valence-corrected chi connectivity index (χ3v) is 3.06. The standard InChI is InChI=1S/C16H11F3N2/c17-16(18,19)12-4-3-5-13(10-12)20-14-7-9-21-8-2-1-6-15(21)11-14/h1-11H. The Morgan fingerprint density at radius 3 is 2.52 bits per heavy atom. The summed E-state index contributed by atoms with van der Waals surface area (Å²) in [6, 6.07) is 14.3. The monoisotopic (exact) mass is 288 g/mol. The molecule has 0 aliphatic heterocycles. The highest BCUT2D eigenvalue weighted by atomic mass is 19.4. The van der Waals surface area contributed by atoms with Gasteiger partial charge in [-0.2, -0.15) is 13.2 Å². The predicted octanol–water partition coefficient (Wildman–Crippen LogP) is 4.19. The predicted molar refractivity (Wildman–Crippen MR) is 74.1 cm³/mol. The van der Waals surface area contributed by atoms with Gasteiger partial charge >= 0.3 is 6.18 Å². The van der Waals surface area contributed by atoms with Crippen molar-refractivity contribution in [3.05, 3.63) is 77.9 Å². The van der Waals surface area contributed by atoms with E-state index in [-0.39, 0.29) is 5.69 Å². The summed E-state index contributed by atoms with van der Waals surface area (Å²) in [5.74, 6) is 0. The Labute approximate surface area is 118 Å². The summed E-state index contributed by atoms with van der Waals surface area (Å²) in [6.07, 6.45) is -0.643. The molecular formula is C16H11F3N2. The fourth-order valence-electron chi connectivity index (χ4n) is 2.05. The summed E-state index contributed by atoms with van der Waals surface area (Å²) in [7, 11) is 0. The molecule has 106 valence electrons. The van der Waals surface area contributed by atoms with Crippen molar-refractivity contribution in [1.29, 1.82) is 0 Å². The van der Waals surface area contributed by atoms with E-state index in [1.54, 1.807) is 12.1 Å². The molecule has 1 aromatic carbocycles. The van der Waals surface area contributed by atoms with Crippen molar-refractivity contribution in [3.63, 3.8) is 0 Å². The molecular weight excluding hydrogens is 277 g/mol. The van der Waals surface area contributed by atoms with Gasteiger partial charge in [-0.05, 0) is 42.5 Å². The van der Waals surface area contributed by atoms with Crippen molar-refractivity contribution in [1.82, 2.24) is 4.40 Å². The maximum Gasteiger partial charge on any atom is 0.416 e. The number of aromatic nitrogens is 1. The van der Waals surface area contributed by atoms with E-state index in [1.807, 2.05) is 41.1 Å². The number of benzene rings is 1. The molecule has 0 fully saturated rings. The zero-order chi connectivity index (χ0) is 14.9. The molecule has 0 spiro atoms. The smallest absolute Gasteiger partial charge is 0.324 e. The van der Waals surface area contributed by atoms with E-state index in [9.17, 15) is 13.2 Å². The second-order valence-electron chi connectivity index (χ2n) is 4.58. The van der Waals surface area contributed by atoms with E-state index in [2.05, 4.69) is 4.99 Å². The normalized spacial score (nSPS) is 12.8. The Kier molecular flexibility index (Phi) is 3.25. The van der Waals surface area contributed by atoms with Crippen LogP contribution in [0, 0.1) is 0 Å². The molecule has 0 N–H and O–H groups in total. The van der Waals surface area contributed by atoms with Crippen LogP contribution in [0.3, 0.4) is 0 Å². The molecule has 0 atom stereocenters. The van der Waals surface area contributed by atoms with Crippen LogP contribution in [-0.4, -0.2) is 4.40 Å². The number of nitrogens with zero attached hydrogens (tertiary/aromatic N) is 2. The van der Waals surface area contributed by atoms with E-state index in [0.717, 1.165) is 17.6 Å². The molecule has 21 heavy (non-hydrogen) atoms. The van der Waals surface area contributed by atoms with Crippen LogP contribution >= 0.6 is 0 Å². The SMILES string of the molecule is FC(F)(F)c1cccc(N=c2ccn3ccccc3c2)c1. The van der Waals surface area contributed by atoms with Crippen LogP contribution in [0.4, 0.5) is 18.9 Å². The number of pyridine rings is 2. The molecule has 2 aromatic heterocycles. The minimum Gasteiger partial charge on any atom is -0.324 e. The summed E-state index contributed by atoms with van der Waals surface area (Å²) in [6.45, 7) is 0. The maximum absolute atomic E-state index is 12.7. The lowest BCUT2D eigenvalue weighted by atomic mass is 10.2. The summed E-state index contributed by atoms with van der Waals surface area (Å²) in [4.78, 5) is 4.25. The van der Waals surface area contributed by atoms with Crippen LogP contribution in [0.25, 0.3) is 5.52 Å². The van der Waals surface area contributed by atoms with E-state index >= 15 is 0 Å². The fraction of sp³-hybridized carbons (Fsp3) is 0.0625. The molecule has 0 saturated carbocycles. The van der Waals surface area contributed by atoms with Crippen LogP contribution in [0.2, 0.25) is 0 Å². The highest BCUT2D eigenvalue weighted by molar-refractivity contribution is 5.47. The van der Waals surface area contributed by atoms with Crippen LogP contribution in [0.5, 0.6) is 0 Å². The zero-order valence-corrected chi connectivity index (χ0v) is 10.9. The van der Waals surface area contributed by atoms with Gasteiger partial charge in [0.1, 0.15) is 0 Å². The highest BCUT2D eigenvalue weighted by Gasteiger charge is 2.30. The Balaban J connectivity index is 2.07. The lowest BCUT2D eigenvalue weighted by Gasteiger charge is -2.06. The molecule has 0 saturated heterocycles. The van der Waals surface area contributed by atoms with E-state index in [0.29, 0.717) is 5.36 Å². The first-order valence-corrected chi connectivity index (χ1v) is 6.31. The Hall–Kier alpha value is -2.56. The largest absolute Gasteiger partial charge is 0.416 e. The third kappa shape index (κ3) is 2.97. The molecule has 0 aliphatic carbocycles.